The van der Waals surface area contributed by atoms with Gasteiger partial charge >= 0.3 is 6.18 Å². The number of nitrogens with one attached hydrogen (secondary N) is 3. The van der Waals surface area contributed by atoms with Gasteiger partial charge in [0.2, 0.25) is 11.8 Å². The van der Waals surface area contributed by atoms with Crippen molar-refractivity contribution in [3.8, 4) is 0 Å². The van der Waals surface area contributed by atoms with Crippen molar-refractivity contribution in [2.45, 2.75) is 68.9 Å². The van der Waals surface area contributed by atoms with Crippen LogP contribution in [0, 0.1) is 5.92 Å². The largest absolute Gasteiger partial charge is 0.416 e. The van der Waals surface area contributed by atoms with Crippen LogP contribution in [0.3, 0.4) is 0 Å². The number of halogens is 3. The third kappa shape index (κ3) is 3.87. The lowest BCUT2D eigenvalue weighted by Gasteiger charge is -2.36. The van der Waals surface area contributed by atoms with Crippen LogP contribution >= 0.6 is 0 Å². The molecule has 1 aromatic carbocycles. The highest BCUT2D eigenvalue weighted by atomic mass is 19.4. The Kier molecular flexibility index (Phi) is 4.85. The number of benzene rings is 1. The lowest BCUT2D eigenvalue weighted by molar-refractivity contribution is -0.137. The summed E-state index contributed by atoms with van der Waals surface area (Å²) >= 11 is 0. The molecule has 2 saturated carbocycles. The van der Waals surface area contributed by atoms with E-state index in [1.165, 1.54) is 12.1 Å². The van der Waals surface area contributed by atoms with E-state index < -0.39 is 23.3 Å². The molecule has 2 unspecified atom stereocenters. The number of rotatable bonds is 4. The fourth-order valence-corrected chi connectivity index (χ4v) is 4.35. The molecule has 1 aliphatic heterocycles. The molecule has 152 valence electrons. The smallest absolute Gasteiger partial charge is 0.345 e. The maximum absolute atomic E-state index is 13.0. The third-order valence-corrected chi connectivity index (χ3v) is 6.08. The van der Waals surface area contributed by atoms with Crippen molar-refractivity contribution in [1.82, 2.24) is 16.0 Å². The van der Waals surface area contributed by atoms with E-state index in [-0.39, 0.29) is 24.4 Å². The van der Waals surface area contributed by atoms with Crippen LogP contribution in [0.4, 0.5) is 13.2 Å². The fourth-order valence-electron chi connectivity index (χ4n) is 4.35. The first kappa shape index (κ1) is 19.2. The van der Waals surface area contributed by atoms with E-state index in [9.17, 15) is 22.8 Å². The number of carbonyl (C=O) groups is 2. The van der Waals surface area contributed by atoms with Crippen LogP contribution in [0.2, 0.25) is 0 Å². The molecule has 3 aliphatic rings. The van der Waals surface area contributed by atoms with Gasteiger partial charge in [-0.25, -0.2) is 0 Å². The molecule has 0 bridgehead atoms. The van der Waals surface area contributed by atoms with Crippen molar-refractivity contribution in [2.75, 3.05) is 0 Å². The molecule has 2 aliphatic carbocycles. The van der Waals surface area contributed by atoms with Crippen LogP contribution in [-0.4, -0.2) is 24.0 Å². The van der Waals surface area contributed by atoms with Crippen molar-refractivity contribution in [3.63, 3.8) is 0 Å². The first-order valence-corrected chi connectivity index (χ1v) is 9.82. The zero-order valence-corrected chi connectivity index (χ0v) is 15.4. The van der Waals surface area contributed by atoms with Crippen molar-refractivity contribution < 1.29 is 22.8 Å². The Bertz CT molecular complexity index is 753. The summed E-state index contributed by atoms with van der Waals surface area (Å²) in [5.41, 5.74) is -0.690. The van der Waals surface area contributed by atoms with Crippen molar-refractivity contribution in [3.05, 3.63) is 35.4 Å². The minimum Gasteiger partial charge on any atom is -0.345 e. The second-order valence-corrected chi connectivity index (χ2v) is 8.16. The maximum Gasteiger partial charge on any atom is 0.416 e. The summed E-state index contributed by atoms with van der Waals surface area (Å²) in [5, 5.41) is 9.18. The minimum atomic E-state index is -4.39. The Morgan fingerprint density at radius 3 is 2.32 bits per heavy atom. The summed E-state index contributed by atoms with van der Waals surface area (Å²) in [5.74, 6) is -0.0389. The first-order chi connectivity index (χ1) is 13.3. The number of carbonyl (C=O) groups excluding carboxylic acids is 2. The van der Waals surface area contributed by atoms with E-state index in [4.69, 9.17) is 0 Å². The highest BCUT2D eigenvalue weighted by Crippen LogP contribution is 2.40. The van der Waals surface area contributed by atoms with Gasteiger partial charge in [-0.05, 0) is 49.3 Å². The molecule has 4 rings (SSSR count). The Balaban J connectivity index is 1.51. The molecule has 0 radical (unpaired) electrons. The zero-order valence-electron chi connectivity index (χ0n) is 15.4. The molecule has 0 aromatic heterocycles. The van der Waals surface area contributed by atoms with Crippen molar-refractivity contribution >= 4 is 11.8 Å². The van der Waals surface area contributed by atoms with E-state index in [2.05, 4.69) is 16.0 Å². The molecular formula is C20H24F3N3O2. The predicted octanol–water partition coefficient (Wildman–Crippen LogP) is 2.81. The standard InChI is InChI=1S/C20H24F3N3O2/c21-20(22,23)14-7-5-13(6-8-14)19(9-1-2-10-19)26-18(28)15-11-16(27)25-17(24-15)12-3-4-12/h5-8,12,15,17,24H,1-4,9-11H2,(H,25,27)(H,26,28). The molecule has 2 amide bonds. The molecule has 2 atom stereocenters. The van der Waals surface area contributed by atoms with Crippen LogP contribution in [0.25, 0.3) is 0 Å². The van der Waals surface area contributed by atoms with E-state index >= 15 is 0 Å². The molecule has 1 heterocycles. The number of hydrogen-bond acceptors (Lipinski definition) is 3. The van der Waals surface area contributed by atoms with Gasteiger partial charge in [0.15, 0.2) is 0 Å². The number of hydrogen-bond donors (Lipinski definition) is 3. The Hall–Kier alpha value is -2.09. The SMILES string of the molecule is O=C1CC(C(=O)NC2(c3ccc(C(F)(F)F)cc3)CCCC2)NC(C2CC2)N1. The summed E-state index contributed by atoms with van der Waals surface area (Å²) in [7, 11) is 0. The van der Waals surface area contributed by atoms with E-state index in [0.717, 1.165) is 37.8 Å². The summed E-state index contributed by atoms with van der Waals surface area (Å²) in [6.45, 7) is 0. The van der Waals surface area contributed by atoms with Gasteiger partial charge in [-0.15, -0.1) is 0 Å². The van der Waals surface area contributed by atoms with Gasteiger partial charge in [0.1, 0.15) is 0 Å². The summed E-state index contributed by atoms with van der Waals surface area (Å²) in [6, 6.07) is 4.44. The Morgan fingerprint density at radius 1 is 1.11 bits per heavy atom. The van der Waals surface area contributed by atoms with Crippen molar-refractivity contribution in [1.29, 1.82) is 0 Å². The first-order valence-electron chi connectivity index (χ1n) is 9.82. The Labute approximate surface area is 161 Å². The highest BCUT2D eigenvalue weighted by Gasteiger charge is 2.43. The highest BCUT2D eigenvalue weighted by molar-refractivity contribution is 5.90. The van der Waals surface area contributed by atoms with E-state index in [0.29, 0.717) is 24.3 Å². The summed E-state index contributed by atoms with van der Waals surface area (Å²) in [6.07, 6.45) is 0.700. The van der Waals surface area contributed by atoms with Crippen LogP contribution in [-0.2, 0) is 21.3 Å². The monoisotopic (exact) mass is 395 g/mol. The van der Waals surface area contributed by atoms with Gasteiger partial charge in [-0.2, -0.15) is 13.2 Å². The predicted molar refractivity (Wildman–Crippen MR) is 95.9 cm³/mol. The molecule has 1 aromatic rings. The summed E-state index contributed by atoms with van der Waals surface area (Å²) in [4.78, 5) is 25.0. The second-order valence-electron chi connectivity index (χ2n) is 8.16. The van der Waals surface area contributed by atoms with Crippen LogP contribution in [0.1, 0.15) is 56.1 Å². The van der Waals surface area contributed by atoms with E-state index in [1.54, 1.807) is 0 Å². The van der Waals surface area contributed by atoms with Gasteiger partial charge in [-0.3, -0.25) is 14.9 Å². The normalized spacial score (nSPS) is 27.3. The minimum absolute atomic E-state index is 0.0676. The van der Waals surface area contributed by atoms with Gasteiger partial charge in [0, 0.05) is 0 Å². The maximum atomic E-state index is 13.0. The summed E-state index contributed by atoms with van der Waals surface area (Å²) < 4.78 is 38.6. The van der Waals surface area contributed by atoms with Crippen LogP contribution in [0.5, 0.6) is 0 Å². The van der Waals surface area contributed by atoms with Crippen LogP contribution in [0.15, 0.2) is 24.3 Å². The Morgan fingerprint density at radius 2 is 1.75 bits per heavy atom. The average molecular weight is 395 g/mol. The molecular weight excluding hydrogens is 371 g/mol. The fraction of sp³-hybridized carbons (Fsp3) is 0.600. The van der Waals surface area contributed by atoms with Gasteiger partial charge in [0.25, 0.3) is 0 Å². The average Bonchev–Trinajstić information content (AvgIpc) is 3.40. The third-order valence-electron chi connectivity index (χ3n) is 6.08. The molecule has 3 N–H and O–H groups in total. The number of amides is 2. The van der Waals surface area contributed by atoms with Crippen molar-refractivity contribution in [2.24, 2.45) is 5.92 Å². The van der Waals surface area contributed by atoms with Crippen LogP contribution < -0.4 is 16.0 Å². The topological polar surface area (TPSA) is 70.2 Å². The molecule has 0 spiro atoms. The molecule has 5 nitrogen and oxygen atoms in total. The molecule has 3 fully saturated rings. The lowest BCUT2D eigenvalue weighted by atomic mass is 9.87. The van der Waals surface area contributed by atoms with Gasteiger partial charge < -0.3 is 10.6 Å². The lowest BCUT2D eigenvalue weighted by Crippen LogP contribution is -2.63. The van der Waals surface area contributed by atoms with E-state index in [1.807, 2.05) is 0 Å². The molecule has 28 heavy (non-hydrogen) atoms. The number of alkyl halides is 3. The zero-order chi connectivity index (χ0) is 19.9. The van der Waals surface area contributed by atoms with Gasteiger partial charge in [0.05, 0.1) is 29.7 Å². The second kappa shape index (κ2) is 7.06. The molecule has 8 heteroatoms. The van der Waals surface area contributed by atoms with Gasteiger partial charge in [-0.1, -0.05) is 25.0 Å². The quantitative estimate of drug-likeness (QED) is 0.734. The molecule has 1 saturated heterocycles.